The van der Waals surface area contributed by atoms with Gasteiger partial charge in [-0.1, -0.05) is 0 Å². The molecule has 4 saturated heterocycles. The molecule has 0 bridgehead atoms. The maximum atomic E-state index is 8.93. The van der Waals surface area contributed by atoms with Crippen LogP contribution in [0.2, 0.25) is 0 Å². The second-order valence-corrected chi connectivity index (χ2v) is 9.10. The van der Waals surface area contributed by atoms with Crippen LogP contribution >= 0.6 is 0 Å². The zero-order valence-electron chi connectivity index (χ0n) is 16.9. The first-order valence-corrected chi connectivity index (χ1v) is 11.1. The lowest BCUT2D eigenvalue weighted by Gasteiger charge is -2.41. The summed E-state index contributed by atoms with van der Waals surface area (Å²) in [5.41, 5.74) is 0. The van der Waals surface area contributed by atoms with Gasteiger partial charge in [-0.2, -0.15) is 0 Å². The smallest absolute Gasteiger partial charge is 0.190 e. The summed E-state index contributed by atoms with van der Waals surface area (Å²) in [4.78, 5) is 0. The molecule has 4 N–H and O–H groups in total. The molecule has 0 aromatic carbocycles. The molecule has 6 fully saturated rings. The molecule has 10 nitrogen and oxygen atoms in total. The van der Waals surface area contributed by atoms with E-state index < -0.39 is 31.2 Å². The third-order valence-electron chi connectivity index (χ3n) is 7.06. The fourth-order valence-electron chi connectivity index (χ4n) is 5.40. The van der Waals surface area contributed by atoms with Crippen molar-refractivity contribution in [3.63, 3.8) is 0 Å². The van der Waals surface area contributed by atoms with Crippen molar-refractivity contribution in [3.8, 4) is 0 Å². The molecule has 8 atom stereocenters. The standard InChI is InChI=1S/C15H22O5.C5H10O5/c1-2-6-14(5-1)16-9-10-11(18-14)12-13(17-10)20-15(19-12)7-3-4-8-15;6-1-2-3(7)4(8)5(9)10-2/h10-13H,1-9H2;2-9H,1H2/t10-,11+,12-,13-;/m0./s1. The van der Waals surface area contributed by atoms with Crippen molar-refractivity contribution < 1.29 is 48.8 Å². The Hall–Kier alpha value is -0.400. The minimum absolute atomic E-state index is 0.0215. The second kappa shape index (κ2) is 8.18. The van der Waals surface area contributed by atoms with Gasteiger partial charge < -0.3 is 48.8 Å². The van der Waals surface area contributed by atoms with Crippen molar-refractivity contribution in [1.29, 1.82) is 0 Å². The minimum atomic E-state index is -1.38. The van der Waals surface area contributed by atoms with Crippen LogP contribution < -0.4 is 0 Å². The normalized spacial score (nSPS) is 48.0. The number of hydrogen-bond donors (Lipinski definition) is 4. The Kier molecular flexibility index (Phi) is 5.85. The Morgan fingerprint density at radius 1 is 0.733 bits per heavy atom. The van der Waals surface area contributed by atoms with Crippen LogP contribution in [0.4, 0.5) is 0 Å². The number of hydrogen-bond acceptors (Lipinski definition) is 10. The minimum Gasteiger partial charge on any atom is -0.394 e. The largest absolute Gasteiger partial charge is 0.394 e. The predicted molar refractivity (Wildman–Crippen MR) is 97.8 cm³/mol. The highest BCUT2D eigenvalue weighted by Gasteiger charge is 2.62. The van der Waals surface area contributed by atoms with E-state index in [0.29, 0.717) is 6.61 Å². The van der Waals surface area contributed by atoms with Gasteiger partial charge in [0.2, 0.25) is 0 Å². The summed E-state index contributed by atoms with van der Waals surface area (Å²) >= 11 is 0. The summed E-state index contributed by atoms with van der Waals surface area (Å²) in [6, 6.07) is 0. The van der Waals surface area contributed by atoms with Crippen LogP contribution in [0, 0.1) is 0 Å². The van der Waals surface area contributed by atoms with Gasteiger partial charge in [-0.05, 0) is 25.7 Å². The molecule has 2 aliphatic carbocycles. The molecular formula is C20H32O10. The van der Waals surface area contributed by atoms with Gasteiger partial charge in [-0.3, -0.25) is 0 Å². The second-order valence-electron chi connectivity index (χ2n) is 9.10. The van der Waals surface area contributed by atoms with Crippen LogP contribution in [0.15, 0.2) is 0 Å². The molecule has 6 rings (SSSR count). The molecular weight excluding hydrogens is 400 g/mol. The monoisotopic (exact) mass is 432 g/mol. The van der Waals surface area contributed by atoms with E-state index in [1.54, 1.807) is 0 Å². The lowest BCUT2D eigenvalue weighted by Crippen LogP contribution is -2.52. The maximum Gasteiger partial charge on any atom is 0.190 e. The zero-order chi connectivity index (χ0) is 20.9. The maximum absolute atomic E-state index is 8.93. The van der Waals surface area contributed by atoms with Crippen molar-refractivity contribution in [2.24, 2.45) is 0 Å². The van der Waals surface area contributed by atoms with Gasteiger partial charge in [0.25, 0.3) is 0 Å². The summed E-state index contributed by atoms with van der Waals surface area (Å²) in [5, 5.41) is 35.0. The van der Waals surface area contributed by atoms with Crippen LogP contribution in [0.5, 0.6) is 0 Å². The Morgan fingerprint density at radius 2 is 1.37 bits per heavy atom. The number of aliphatic hydroxyl groups is 4. The van der Waals surface area contributed by atoms with Crippen molar-refractivity contribution in [3.05, 3.63) is 0 Å². The molecule has 172 valence electrons. The van der Waals surface area contributed by atoms with E-state index in [-0.39, 0.29) is 36.2 Å². The highest BCUT2D eigenvalue weighted by atomic mass is 16.9. The third kappa shape index (κ3) is 3.71. The van der Waals surface area contributed by atoms with Crippen molar-refractivity contribution >= 4 is 0 Å². The molecule has 0 aromatic heterocycles. The highest BCUT2D eigenvalue weighted by Crippen LogP contribution is 2.50. The number of aliphatic hydroxyl groups excluding tert-OH is 4. The van der Waals surface area contributed by atoms with Crippen LogP contribution in [-0.4, -0.2) is 94.4 Å². The quantitative estimate of drug-likeness (QED) is 0.429. The Bertz CT molecular complexity index is 604. The van der Waals surface area contributed by atoms with E-state index in [1.807, 2.05) is 0 Å². The Labute approximate surface area is 175 Å². The number of fused-ring (bicyclic) bond motifs is 3. The molecule has 4 unspecified atom stereocenters. The van der Waals surface area contributed by atoms with Gasteiger partial charge in [0.15, 0.2) is 24.2 Å². The summed E-state index contributed by atoms with van der Waals surface area (Å²) in [7, 11) is 0. The third-order valence-corrected chi connectivity index (χ3v) is 7.06. The number of ether oxygens (including phenoxy) is 6. The fourth-order valence-corrected chi connectivity index (χ4v) is 5.40. The van der Waals surface area contributed by atoms with Crippen LogP contribution in [0.25, 0.3) is 0 Å². The first kappa shape index (κ1) is 21.4. The van der Waals surface area contributed by atoms with E-state index in [4.69, 9.17) is 44.1 Å². The van der Waals surface area contributed by atoms with Crippen LogP contribution in [0.3, 0.4) is 0 Å². The lowest BCUT2D eigenvalue weighted by atomic mass is 10.1. The summed E-state index contributed by atoms with van der Waals surface area (Å²) in [5.74, 6) is -0.751. The van der Waals surface area contributed by atoms with Gasteiger partial charge in [0.05, 0.1) is 13.2 Å². The molecule has 0 radical (unpaired) electrons. The molecule has 0 aromatic rings. The SMILES string of the molecule is C1CCC2(C1)O[C@@H]1O[C@H]3COC4(CCCC4)O[C@H]3[C@@H]1O2.OCC1OC(O)C(O)C1O. The zero-order valence-corrected chi connectivity index (χ0v) is 16.9. The van der Waals surface area contributed by atoms with E-state index in [2.05, 4.69) is 4.74 Å². The Morgan fingerprint density at radius 3 is 1.93 bits per heavy atom. The van der Waals surface area contributed by atoms with E-state index >= 15 is 0 Å². The van der Waals surface area contributed by atoms with Gasteiger partial charge >= 0.3 is 0 Å². The average molecular weight is 432 g/mol. The first-order chi connectivity index (χ1) is 14.4. The van der Waals surface area contributed by atoms with Crippen LogP contribution in [-0.2, 0) is 28.4 Å². The van der Waals surface area contributed by atoms with Gasteiger partial charge in [-0.15, -0.1) is 0 Å². The summed E-state index contributed by atoms with van der Waals surface area (Å²) in [6.07, 6.45) is 3.58. The molecule has 10 heteroatoms. The van der Waals surface area contributed by atoms with Crippen LogP contribution in [0.1, 0.15) is 51.4 Å². The lowest BCUT2D eigenvalue weighted by molar-refractivity contribution is -0.332. The average Bonchev–Trinajstić information content (AvgIpc) is 3.55. The molecule has 30 heavy (non-hydrogen) atoms. The van der Waals surface area contributed by atoms with E-state index in [0.717, 1.165) is 25.7 Å². The van der Waals surface area contributed by atoms with E-state index in [9.17, 15) is 0 Å². The summed E-state index contributed by atoms with van der Waals surface area (Å²) < 4.78 is 35.2. The van der Waals surface area contributed by atoms with Gasteiger partial charge in [-0.25, -0.2) is 0 Å². The van der Waals surface area contributed by atoms with Crippen molar-refractivity contribution in [2.45, 2.75) is 112 Å². The Balaban J connectivity index is 0.000000164. The molecule has 4 heterocycles. The molecule has 4 aliphatic heterocycles. The first-order valence-electron chi connectivity index (χ1n) is 11.1. The molecule has 2 spiro atoms. The van der Waals surface area contributed by atoms with Crippen molar-refractivity contribution in [2.75, 3.05) is 13.2 Å². The van der Waals surface area contributed by atoms with Gasteiger partial charge in [0.1, 0.15) is 36.6 Å². The fraction of sp³-hybridized carbons (Fsp3) is 1.00. The summed E-state index contributed by atoms with van der Waals surface area (Å²) in [6.45, 7) is 0.201. The molecule has 2 saturated carbocycles. The van der Waals surface area contributed by atoms with E-state index in [1.165, 1.54) is 25.7 Å². The van der Waals surface area contributed by atoms with Crippen molar-refractivity contribution in [1.82, 2.24) is 0 Å². The predicted octanol–water partition coefficient (Wildman–Crippen LogP) is -0.500. The topological polar surface area (TPSA) is 136 Å². The highest BCUT2D eigenvalue weighted by molar-refractivity contribution is 5.00. The molecule has 6 aliphatic rings. The molecule has 0 amide bonds. The number of rotatable bonds is 1. The van der Waals surface area contributed by atoms with Gasteiger partial charge in [0, 0.05) is 25.7 Å².